The highest BCUT2D eigenvalue weighted by Crippen LogP contribution is 2.28. The summed E-state index contributed by atoms with van der Waals surface area (Å²) in [4.78, 5) is 14.7. The van der Waals surface area contributed by atoms with Crippen LogP contribution in [0.5, 0.6) is 5.75 Å². The van der Waals surface area contributed by atoms with Crippen molar-refractivity contribution in [2.75, 3.05) is 18.5 Å². The molecule has 0 saturated heterocycles. The van der Waals surface area contributed by atoms with Crippen molar-refractivity contribution < 1.29 is 9.53 Å². The van der Waals surface area contributed by atoms with E-state index in [4.69, 9.17) is 4.74 Å². The normalized spacial score (nSPS) is 13.7. The predicted octanol–water partition coefficient (Wildman–Crippen LogP) is 4.00. The minimum atomic E-state index is 0.0307. The van der Waals surface area contributed by atoms with Gasteiger partial charge >= 0.3 is 0 Å². The maximum atomic E-state index is 12.4. The van der Waals surface area contributed by atoms with Gasteiger partial charge in [-0.1, -0.05) is 29.8 Å². The SMILES string of the molecule is CCOc1ccc(NC(=O)CN(Cc2ccc(C)cc2)C2CC2)cc1. The van der Waals surface area contributed by atoms with Gasteiger partial charge in [0.15, 0.2) is 0 Å². The number of aryl methyl sites for hydroxylation is 1. The van der Waals surface area contributed by atoms with E-state index in [1.54, 1.807) is 0 Å². The summed E-state index contributed by atoms with van der Waals surface area (Å²) in [5.74, 6) is 0.850. The molecule has 4 nitrogen and oxygen atoms in total. The van der Waals surface area contributed by atoms with Gasteiger partial charge in [0.1, 0.15) is 5.75 Å². The van der Waals surface area contributed by atoms with Crippen molar-refractivity contribution in [2.45, 2.75) is 39.3 Å². The van der Waals surface area contributed by atoms with E-state index in [9.17, 15) is 4.79 Å². The predicted molar refractivity (Wildman–Crippen MR) is 101 cm³/mol. The van der Waals surface area contributed by atoms with Crippen LogP contribution in [0.4, 0.5) is 5.69 Å². The van der Waals surface area contributed by atoms with E-state index >= 15 is 0 Å². The van der Waals surface area contributed by atoms with Crippen LogP contribution in [-0.2, 0) is 11.3 Å². The highest BCUT2D eigenvalue weighted by Gasteiger charge is 2.30. The lowest BCUT2D eigenvalue weighted by molar-refractivity contribution is -0.117. The summed E-state index contributed by atoms with van der Waals surface area (Å²) < 4.78 is 5.42. The minimum absolute atomic E-state index is 0.0307. The fourth-order valence-electron chi connectivity index (χ4n) is 2.87. The molecule has 2 aromatic rings. The molecule has 0 spiro atoms. The Hall–Kier alpha value is -2.33. The lowest BCUT2D eigenvalue weighted by atomic mass is 10.1. The largest absolute Gasteiger partial charge is 0.494 e. The molecule has 0 aliphatic heterocycles. The van der Waals surface area contributed by atoms with Gasteiger partial charge in [-0.25, -0.2) is 0 Å². The van der Waals surface area contributed by atoms with Gasteiger partial charge in [-0.05, 0) is 56.5 Å². The molecule has 25 heavy (non-hydrogen) atoms. The highest BCUT2D eigenvalue weighted by atomic mass is 16.5. The molecular weight excluding hydrogens is 312 g/mol. The van der Waals surface area contributed by atoms with Crippen LogP contribution in [0.1, 0.15) is 30.9 Å². The number of hydrogen-bond donors (Lipinski definition) is 1. The Bertz CT molecular complexity index is 691. The molecule has 1 fully saturated rings. The number of ether oxygens (including phenoxy) is 1. The quantitative estimate of drug-likeness (QED) is 0.791. The van der Waals surface area contributed by atoms with E-state index in [0.717, 1.165) is 18.0 Å². The summed E-state index contributed by atoms with van der Waals surface area (Å²) in [5, 5.41) is 2.98. The maximum Gasteiger partial charge on any atom is 0.238 e. The van der Waals surface area contributed by atoms with Crippen LogP contribution >= 0.6 is 0 Å². The first kappa shape index (κ1) is 17.5. The van der Waals surface area contributed by atoms with Crippen LogP contribution in [0.2, 0.25) is 0 Å². The summed E-state index contributed by atoms with van der Waals surface area (Å²) in [6, 6.07) is 16.6. The van der Waals surface area contributed by atoms with Crippen molar-refractivity contribution in [3.05, 3.63) is 59.7 Å². The summed E-state index contributed by atoms with van der Waals surface area (Å²) in [6.07, 6.45) is 2.37. The maximum absolute atomic E-state index is 12.4. The lowest BCUT2D eigenvalue weighted by Crippen LogP contribution is -2.34. The van der Waals surface area contributed by atoms with Gasteiger partial charge in [-0.15, -0.1) is 0 Å². The summed E-state index contributed by atoms with van der Waals surface area (Å²) >= 11 is 0. The Balaban J connectivity index is 1.56. The fourth-order valence-corrected chi connectivity index (χ4v) is 2.87. The molecule has 1 aliphatic rings. The van der Waals surface area contributed by atoms with Gasteiger partial charge in [-0.2, -0.15) is 0 Å². The number of anilines is 1. The van der Waals surface area contributed by atoms with Gasteiger partial charge in [0.05, 0.1) is 13.2 Å². The van der Waals surface area contributed by atoms with E-state index in [1.807, 2.05) is 31.2 Å². The van der Waals surface area contributed by atoms with E-state index < -0.39 is 0 Å². The number of rotatable bonds is 8. The van der Waals surface area contributed by atoms with Crippen LogP contribution in [0, 0.1) is 6.92 Å². The molecule has 1 aliphatic carbocycles. The van der Waals surface area contributed by atoms with Gasteiger partial charge in [-0.3, -0.25) is 9.69 Å². The topological polar surface area (TPSA) is 41.6 Å². The Morgan fingerprint density at radius 3 is 2.40 bits per heavy atom. The number of amides is 1. The van der Waals surface area contributed by atoms with Crippen molar-refractivity contribution in [1.82, 2.24) is 4.90 Å². The lowest BCUT2D eigenvalue weighted by Gasteiger charge is -2.21. The van der Waals surface area contributed by atoms with Crippen molar-refractivity contribution in [3.63, 3.8) is 0 Å². The first-order chi connectivity index (χ1) is 12.1. The molecule has 1 N–H and O–H groups in total. The molecule has 0 atom stereocenters. The van der Waals surface area contributed by atoms with Crippen molar-refractivity contribution >= 4 is 11.6 Å². The number of benzene rings is 2. The van der Waals surface area contributed by atoms with E-state index in [-0.39, 0.29) is 5.91 Å². The molecule has 1 amide bonds. The molecule has 3 rings (SSSR count). The standard InChI is InChI=1S/C21H26N2O2/c1-3-25-20-12-8-18(9-13-20)22-21(24)15-23(19-10-11-19)14-17-6-4-16(2)5-7-17/h4-9,12-13,19H,3,10-11,14-15H2,1-2H3,(H,22,24). The number of hydrogen-bond acceptors (Lipinski definition) is 3. The Kier molecular flexibility index (Phi) is 5.71. The molecule has 132 valence electrons. The molecule has 1 saturated carbocycles. The zero-order valence-corrected chi connectivity index (χ0v) is 15.0. The summed E-state index contributed by atoms with van der Waals surface area (Å²) in [7, 11) is 0. The average molecular weight is 338 g/mol. The molecule has 0 unspecified atom stereocenters. The first-order valence-corrected chi connectivity index (χ1v) is 8.96. The van der Waals surface area contributed by atoms with Crippen LogP contribution < -0.4 is 10.1 Å². The van der Waals surface area contributed by atoms with E-state index in [0.29, 0.717) is 19.2 Å². The van der Waals surface area contributed by atoms with Gasteiger partial charge in [0.25, 0.3) is 0 Å². The van der Waals surface area contributed by atoms with Crippen molar-refractivity contribution in [1.29, 1.82) is 0 Å². The van der Waals surface area contributed by atoms with Crippen molar-refractivity contribution in [3.8, 4) is 5.75 Å². The third-order valence-electron chi connectivity index (χ3n) is 4.37. The monoisotopic (exact) mass is 338 g/mol. The van der Waals surface area contributed by atoms with Gasteiger partial charge in [0.2, 0.25) is 5.91 Å². The number of carbonyl (C=O) groups is 1. The third kappa shape index (κ3) is 5.33. The molecule has 0 radical (unpaired) electrons. The minimum Gasteiger partial charge on any atom is -0.494 e. The van der Waals surface area contributed by atoms with Gasteiger partial charge < -0.3 is 10.1 Å². The zero-order chi connectivity index (χ0) is 17.6. The molecule has 0 bridgehead atoms. The van der Waals surface area contributed by atoms with Crippen LogP contribution in [0.25, 0.3) is 0 Å². The number of nitrogens with one attached hydrogen (secondary N) is 1. The second kappa shape index (κ2) is 8.17. The van der Waals surface area contributed by atoms with Gasteiger partial charge in [0, 0.05) is 18.3 Å². The average Bonchev–Trinajstić information content (AvgIpc) is 3.43. The molecule has 0 heterocycles. The Labute approximate surface area is 149 Å². The molecule has 2 aromatic carbocycles. The summed E-state index contributed by atoms with van der Waals surface area (Å²) in [5.41, 5.74) is 3.32. The highest BCUT2D eigenvalue weighted by molar-refractivity contribution is 5.92. The molecule has 4 heteroatoms. The first-order valence-electron chi connectivity index (χ1n) is 8.96. The van der Waals surface area contributed by atoms with Crippen LogP contribution in [0.15, 0.2) is 48.5 Å². The van der Waals surface area contributed by atoms with Crippen molar-refractivity contribution in [2.24, 2.45) is 0 Å². The van der Waals surface area contributed by atoms with Crippen LogP contribution in [0.3, 0.4) is 0 Å². The fraction of sp³-hybridized carbons (Fsp3) is 0.381. The van der Waals surface area contributed by atoms with E-state index in [1.165, 1.54) is 24.0 Å². The Morgan fingerprint density at radius 2 is 1.80 bits per heavy atom. The van der Waals surface area contributed by atoms with Crippen LogP contribution in [-0.4, -0.2) is 30.0 Å². The summed E-state index contributed by atoms with van der Waals surface area (Å²) in [6.45, 7) is 5.93. The second-order valence-corrected chi connectivity index (χ2v) is 6.63. The smallest absolute Gasteiger partial charge is 0.238 e. The Morgan fingerprint density at radius 1 is 1.12 bits per heavy atom. The molecular formula is C21H26N2O2. The van der Waals surface area contributed by atoms with E-state index in [2.05, 4.69) is 41.4 Å². The molecule has 0 aromatic heterocycles. The number of nitrogens with zero attached hydrogens (tertiary/aromatic N) is 1. The third-order valence-corrected chi connectivity index (χ3v) is 4.37. The second-order valence-electron chi connectivity index (χ2n) is 6.63. The zero-order valence-electron chi connectivity index (χ0n) is 15.0. The number of carbonyl (C=O) groups excluding carboxylic acids is 1.